The smallest absolute Gasteiger partial charge is 0.304 e. The second-order valence-corrected chi connectivity index (χ2v) is 34.8. The number of alkyl halides is 1. The van der Waals surface area contributed by atoms with Crippen molar-refractivity contribution < 1.29 is 27.5 Å². The first-order valence-corrected chi connectivity index (χ1v) is 30.1. The lowest BCUT2D eigenvalue weighted by Gasteiger charge is -2.54. The van der Waals surface area contributed by atoms with E-state index in [4.69, 9.17) is 22.8 Å². The average molecular weight is 1050 g/mol. The van der Waals surface area contributed by atoms with Crippen LogP contribution in [0.15, 0.2) is 182 Å². The third-order valence-corrected chi connectivity index (χ3v) is 29.6. The highest BCUT2D eigenvalue weighted by atomic mass is 127. The van der Waals surface area contributed by atoms with Crippen molar-refractivity contribution in [2.75, 3.05) is 6.61 Å². The van der Waals surface area contributed by atoms with Crippen LogP contribution in [0.4, 0.5) is 0 Å². The number of esters is 1. The number of hydrogen-bond donors (Lipinski definition) is 0. The molecule has 1 aliphatic rings. The Balaban J connectivity index is 1.52. The van der Waals surface area contributed by atoms with Crippen molar-refractivity contribution in [1.29, 1.82) is 0 Å². The van der Waals surface area contributed by atoms with Crippen LogP contribution < -0.4 is 31.1 Å². The Morgan fingerprint density at radius 3 is 1.02 bits per heavy atom. The van der Waals surface area contributed by atoms with Crippen LogP contribution in [-0.2, 0) is 27.5 Å². The summed E-state index contributed by atoms with van der Waals surface area (Å²) in [4.78, 5) is 13.2. The van der Waals surface area contributed by atoms with Crippen molar-refractivity contribution in [2.45, 2.75) is 113 Å². The topological polar surface area (TPSA) is 63.2 Å². The predicted octanol–water partition coefficient (Wildman–Crippen LogP) is 9.55. The van der Waals surface area contributed by atoms with E-state index in [1.54, 1.807) is 0 Å². The highest BCUT2D eigenvalue weighted by molar-refractivity contribution is 14.1. The predicted molar refractivity (Wildman–Crippen MR) is 287 cm³/mol. The number of ether oxygens (including phenoxy) is 2. The van der Waals surface area contributed by atoms with Gasteiger partial charge in [-0.25, -0.2) is 0 Å². The van der Waals surface area contributed by atoms with Gasteiger partial charge in [-0.3, -0.25) is 4.79 Å². The molecule has 0 amide bonds. The standard InChI is InChI=1S/C56H67IO6Si3/c1-42(58)60-53-50(57)52(63-66(56(8,9)10,47-37-25-15-26-38-47)48-39-27-16-28-40-48)51(62-65(55(5,6)7,45-33-21-13-22-34-45)46-35-23-14-24-36-46)49(61-53)41-59-64(54(2,3)4,43-29-17-11-18-30-43)44-31-19-12-20-32-44/h11-40,49-53H,41H2,1-10H3/t49-,50-,51-,52-,53-/m1/s1. The van der Waals surface area contributed by atoms with Crippen molar-refractivity contribution in [3.8, 4) is 0 Å². The van der Waals surface area contributed by atoms with E-state index in [1.807, 2.05) is 0 Å². The molecule has 1 saturated heterocycles. The van der Waals surface area contributed by atoms with Crippen LogP contribution in [-0.4, -0.2) is 66.1 Å². The lowest BCUT2D eigenvalue weighted by atomic mass is 10.0. The molecule has 1 fully saturated rings. The first kappa shape index (κ1) is 49.9. The van der Waals surface area contributed by atoms with Crippen LogP contribution in [0.5, 0.6) is 0 Å². The van der Waals surface area contributed by atoms with Crippen molar-refractivity contribution >= 4 is 84.6 Å². The zero-order chi connectivity index (χ0) is 47.4. The monoisotopic (exact) mass is 1050 g/mol. The van der Waals surface area contributed by atoms with Gasteiger partial charge in [-0.15, -0.1) is 0 Å². The Morgan fingerprint density at radius 2 is 0.742 bits per heavy atom. The summed E-state index contributed by atoms with van der Waals surface area (Å²) < 4.78 is 37.5. The van der Waals surface area contributed by atoms with Crippen molar-refractivity contribution in [1.82, 2.24) is 0 Å². The molecule has 66 heavy (non-hydrogen) atoms. The largest absolute Gasteiger partial charge is 0.435 e. The second-order valence-electron chi connectivity index (χ2n) is 20.6. The first-order valence-electron chi connectivity index (χ1n) is 23.2. The van der Waals surface area contributed by atoms with Crippen molar-refractivity contribution in [2.24, 2.45) is 0 Å². The molecule has 5 atom stereocenters. The second kappa shape index (κ2) is 20.3. The summed E-state index contributed by atoms with van der Waals surface area (Å²) in [5.74, 6) is -0.427. The Kier molecular flexibility index (Phi) is 15.4. The highest BCUT2D eigenvalue weighted by Gasteiger charge is 2.61. The van der Waals surface area contributed by atoms with Gasteiger partial charge >= 0.3 is 5.97 Å². The van der Waals surface area contributed by atoms with Crippen molar-refractivity contribution in [3.05, 3.63) is 182 Å². The zero-order valence-electron chi connectivity index (χ0n) is 40.2. The summed E-state index contributed by atoms with van der Waals surface area (Å²) in [5.41, 5.74) is 0. The van der Waals surface area contributed by atoms with Crippen LogP contribution in [0.25, 0.3) is 0 Å². The minimum atomic E-state index is -3.32. The number of carbonyl (C=O) groups excluding carboxylic acids is 1. The molecule has 0 aromatic heterocycles. The molecule has 0 saturated carbocycles. The van der Waals surface area contributed by atoms with Gasteiger partial charge in [-0.2, -0.15) is 0 Å². The van der Waals surface area contributed by atoms with Gasteiger partial charge in [0.2, 0.25) is 6.29 Å². The fraction of sp³-hybridized carbons (Fsp3) is 0.339. The quantitative estimate of drug-likeness (QED) is 0.0469. The fourth-order valence-corrected chi connectivity index (χ4v) is 25.4. The average Bonchev–Trinajstić information content (AvgIpc) is 3.30. The summed E-state index contributed by atoms with van der Waals surface area (Å²) in [6.45, 7) is 22.3. The van der Waals surface area contributed by atoms with Gasteiger partial charge in [-0.1, -0.05) is 267 Å². The first-order chi connectivity index (χ1) is 31.4. The minimum absolute atomic E-state index is 0.151. The molecule has 0 bridgehead atoms. The highest BCUT2D eigenvalue weighted by Crippen LogP contribution is 2.46. The van der Waals surface area contributed by atoms with E-state index in [-0.39, 0.29) is 21.7 Å². The molecule has 6 aromatic rings. The summed E-state index contributed by atoms with van der Waals surface area (Å²) in [6.07, 6.45) is -3.06. The van der Waals surface area contributed by atoms with Gasteiger partial charge in [0.15, 0.2) is 0 Å². The normalized spacial score (nSPS) is 19.8. The molecular weight excluding hydrogens is 980 g/mol. The van der Waals surface area contributed by atoms with Gasteiger partial charge < -0.3 is 22.8 Å². The maximum atomic E-state index is 13.2. The SMILES string of the molecule is CC(=O)O[C@@H]1O[C@H](CO[Si](c2ccccc2)(c2ccccc2)C(C)(C)C)[C@@H](O[Si](c2ccccc2)(c2ccccc2)C(C)(C)C)[C@H](O[Si](c2ccccc2)(c2ccccc2)C(C)(C)C)[C@H]1I. The molecule has 0 spiro atoms. The molecule has 7 rings (SSSR count). The Hall–Kier alpha value is -3.99. The molecule has 0 aliphatic carbocycles. The lowest BCUT2D eigenvalue weighted by molar-refractivity contribution is -0.237. The van der Waals surface area contributed by atoms with E-state index in [9.17, 15) is 4.79 Å². The van der Waals surface area contributed by atoms with E-state index in [2.05, 4.69) is 267 Å². The van der Waals surface area contributed by atoms with E-state index in [0.717, 1.165) is 31.1 Å². The van der Waals surface area contributed by atoms with Gasteiger partial charge in [0, 0.05) is 6.92 Å². The third kappa shape index (κ3) is 9.67. The van der Waals surface area contributed by atoms with Gasteiger partial charge in [0.05, 0.1) is 12.7 Å². The fourth-order valence-electron chi connectivity index (χ4n) is 10.3. The molecule has 10 heteroatoms. The Morgan fingerprint density at radius 1 is 0.470 bits per heavy atom. The minimum Gasteiger partial charge on any atom is -0.435 e. The summed E-state index contributed by atoms with van der Waals surface area (Å²) in [6, 6.07) is 64.3. The summed E-state index contributed by atoms with van der Waals surface area (Å²) >= 11 is 2.42. The van der Waals surface area contributed by atoms with E-state index in [0.29, 0.717) is 0 Å². The molecule has 1 heterocycles. The van der Waals surface area contributed by atoms with Gasteiger partial charge in [-0.05, 0) is 46.2 Å². The molecule has 0 N–H and O–H groups in total. The molecule has 6 nitrogen and oxygen atoms in total. The van der Waals surface area contributed by atoms with Gasteiger partial charge in [0.1, 0.15) is 16.1 Å². The molecule has 6 aromatic carbocycles. The van der Waals surface area contributed by atoms with Crippen LogP contribution in [0.1, 0.15) is 69.2 Å². The Bertz CT molecular complexity index is 2340. The van der Waals surface area contributed by atoms with Crippen LogP contribution >= 0.6 is 22.6 Å². The van der Waals surface area contributed by atoms with Crippen LogP contribution in [0, 0.1) is 0 Å². The third-order valence-electron chi connectivity index (χ3n) is 13.2. The van der Waals surface area contributed by atoms with Crippen LogP contribution in [0.2, 0.25) is 15.1 Å². The van der Waals surface area contributed by atoms with E-state index < -0.39 is 59.4 Å². The number of halogens is 1. The molecule has 0 unspecified atom stereocenters. The summed E-state index contributed by atoms with van der Waals surface area (Å²) in [7, 11) is -9.74. The van der Waals surface area contributed by atoms with Gasteiger partial charge in [0.25, 0.3) is 25.0 Å². The number of rotatable bonds is 14. The Labute approximate surface area is 411 Å². The number of benzene rings is 6. The molecule has 0 radical (unpaired) electrons. The maximum Gasteiger partial charge on any atom is 0.304 e. The van der Waals surface area contributed by atoms with Crippen LogP contribution in [0.3, 0.4) is 0 Å². The number of carbonyl (C=O) groups is 1. The molecule has 1 aliphatic heterocycles. The molecular formula is C56H67IO6Si3. The zero-order valence-corrected chi connectivity index (χ0v) is 45.4. The van der Waals surface area contributed by atoms with Crippen molar-refractivity contribution in [3.63, 3.8) is 0 Å². The number of hydrogen-bond acceptors (Lipinski definition) is 6. The van der Waals surface area contributed by atoms with E-state index >= 15 is 0 Å². The maximum absolute atomic E-state index is 13.2. The lowest BCUT2D eigenvalue weighted by Crippen LogP contribution is -2.75. The molecule has 346 valence electrons. The summed E-state index contributed by atoms with van der Waals surface area (Å²) in [5, 5.41) is 5.83. The van der Waals surface area contributed by atoms with E-state index in [1.165, 1.54) is 6.92 Å².